The fraction of sp³-hybridized carbons (Fsp3) is 0.500. The molecule has 0 radical (unpaired) electrons. The molecule has 1 aromatic rings. The first-order valence-corrected chi connectivity index (χ1v) is 8.49. The number of non-ortho nitro benzene ring substituents is 1. The Kier molecular flexibility index (Phi) is 3.94. The van der Waals surface area contributed by atoms with E-state index in [1.807, 2.05) is 0 Å². The Labute approximate surface area is 129 Å². The van der Waals surface area contributed by atoms with Crippen molar-refractivity contribution in [2.45, 2.75) is 30.6 Å². The van der Waals surface area contributed by atoms with Crippen LogP contribution in [0.2, 0.25) is 0 Å². The largest absolute Gasteiger partial charge is 0.386 e. The molecule has 0 amide bonds. The smallest absolute Gasteiger partial charge is 0.269 e. The Morgan fingerprint density at radius 2 is 2.14 bits per heavy atom. The average Bonchev–Trinajstić information content (AvgIpc) is 2.40. The van der Waals surface area contributed by atoms with Gasteiger partial charge in [-0.2, -0.15) is 0 Å². The first-order chi connectivity index (χ1) is 10.5. The molecule has 0 spiro atoms. The van der Waals surface area contributed by atoms with Gasteiger partial charge in [0.2, 0.25) is 0 Å². The monoisotopic (exact) mass is 325 g/mol. The maximum atomic E-state index is 14.0. The minimum absolute atomic E-state index is 0.0811. The van der Waals surface area contributed by atoms with E-state index in [2.05, 4.69) is 4.99 Å². The zero-order valence-corrected chi connectivity index (χ0v) is 12.6. The number of rotatable bonds is 3. The number of amidine groups is 1. The molecule has 6 nitrogen and oxygen atoms in total. The van der Waals surface area contributed by atoms with Crippen LogP contribution in [-0.4, -0.2) is 26.0 Å². The summed E-state index contributed by atoms with van der Waals surface area (Å²) in [6, 6.07) is 2.57. The van der Waals surface area contributed by atoms with Crippen molar-refractivity contribution in [3.8, 4) is 0 Å². The van der Waals surface area contributed by atoms with Crippen LogP contribution in [0, 0.1) is 21.8 Å². The first kappa shape index (κ1) is 15.1. The zero-order valence-electron chi connectivity index (χ0n) is 11.8. The van der Waals surface area contributed by atoms with Gasteiger partial charge in [0.25, 0.3) is 5.69 Å². The third-order valence-corrected chi connectivity index (χ3v) is 6.17. The molecular weight excluding hydrogens is 309 g/mol. The fourth-order valence-corrected chi connectivity index (χ4v) is 4.75. The molecule has 1 fully saturated rings. The van der Waals surface area contributed by atoms with Crippen molar-refractivity contribution in [3.05, 3.63) is 39.7 Å². The highest BCUT2D eigenvalue weighted by Gasteiger charge is 2.39. The van der Waals surface area contributed by atoms with E-state index in [-0.39, 0.29) is 28.1 Å². The lowest BCUT2D eigenvalue weighted by Crippen LogP contribution is -2.46. The topological polar surface area (TPSA) is 98.6 Å². The van der Waals surface area contributed by atoms with Crippen molar-refractivity contribution in [3.63, 3.8) is 0 Å². The fourth-order valence-electron chi connectivity index (χ4n) is 2.94. The number of nitrogens with zero attached hydrogens (tertiary/aromatic N) is 2. The van der Waals surface area contributed by atoms with Gasteiger partial charge in [-0.25, -0.2) is 4.39 Å². The number of aliphatic imine (C=N–C) groups is 1. The molecule has 1 aliphatic carbocycles. The summed E-state index contributed by atoms with van der Waals surface area (Å²) < 4.78 is 26.4. The lowest BCUT2D eigenvalue weighted by atomic mass is 9.82. The highest BCUT2D eigenvalue weighted by molar-refractivity contribution is 7.86. The van der Waals surface area contributed by atoms with Crippen LogP contribution in [0.15, 0.2) is 23.2 Å². The summed E-state index contributed by atoms with van der Waals surface area (Å²) in [5, 5.41) is 10.6. The molecule has 118 valence electrons. The minimum atomic E-state index is -1.24. The first-order valence-electron chi connectivity index (χ1n) is 7.11. The van der Waals surface area contributed by atoms with Gasteiger partial charge in [-0.05, 0) is 24.8 Å². The molecule has 22 heavy (non-hydrogen) atoms. The van der Waals surface area contributed by atoms with Crippen LogP contribution in [0.5, 0.6) is 0 Å². The second-order valence-corrected chi connectivity index (χ2v) is 7.29. The van der Waals surface area contributed by atoms with Crippen LogP contribution in [0.3, 0.4) is 0 Å². The number of hydrogen-bond acceptors (Lipinski definition) is 5. The van der Waals surface area contributed by atoms with Gasteiger partial charge >= 0.3 is 0 Å². The van der Waals surface area contributed by atoms with Crippen LogP contribution >= 0.6 is 0 Å². The molecular formula is C14H16FN3O3S. The molecule has 3 rings (SSSR count). The molecule has 0 aromatic heterocycles. The van der Waals surface area contributed by atoms with Crippen LogP contribution in [0.4, 0.5) is 10.1 Å². The number of benzene rings is 1. The molecule has 1 heterocycles. The summed E-state index contributed by atoms with van der Waals surface area (Å²) in [6.07, 6.45) is 3.08. The van der Waals surface area contributed by atoms with Crippen molar-refractivity contribution in [1.82, 2.24) is 0 Å². The van der Waals surface area contributed by atoms with E-state index >= 15 is 0 Å². The normalized spacial score (nSPS) is 28.8. The van der Waals surface area contributed by atoms with E-state index in [0.717, 1.165) is 37.5 Å². The second kappa shape index (κ2) is 5.75. The molecule has 8 heteroatoms. The van der Waals surface area contributed by atoms with Gasteiger partial charge in [0.1, 0.15) is 11.7 Å². The van der Waals surface area contributed by atoms with Crippen LogP contribution in [-0.2, 0) is 10.8 Å². The van der Waals surface area contributed by atoms with Crippen LogP contribution in [0.25, 0.3) is 0 Å². The van der Waals surface area contributed by atoms with E-state index in [4.69, 9.17) is 5.73 Å². The van der Waals surface area contributed by atoms with E-state index in [0.29, 0.717) is 5.92 Å². The zero-order chi connectivity index (χ0) is 15.9. The molecule has 1 saturated carbocycles. The number of nitro groups is 1. The average molecular weight is 325 g/mol. The Balaban J connectivity index is 1.93. The molecule has 1 aromatic carbocycles. The van der Waals surface area contributed by atoms with Gasteiger partial charge in [0, 0.05) is 28.5 Å². The molecule has 0 bridgehead atoms. The lowest BCUT2D eigenvalue weighted by molar-refractivity contribution is -0.385. The van der Waals surface area contributed by atoms with Crippen molar-refractivity contribution < 1.29 is 13.5 Å². The molecule has 2 aliphatic rings. The van der Waals surface area contributed by atoms with Gasteiger partial charge in [-0.1, -0.05) is 6.42 Å². The highest BCUT2D eigenvalue weighted by Crippen LogP contribution is 2.37. The van der Waals surface area contributed by atoms with Crippen molar-refractivity contribution in [1.29, 1.82) is 0 Å². The predicted octanol–water partition coefficient (Wildman–Crippen LogP) is 2.06. The number of nitrogens with two attached hydrogens (primary N) is 1. The van der Waals surface area contributed by atoms with E-state index in [1.54, 1.807) is 0 Å². The standard InChI is InChI=1S/C14H16FN3O3S/c15-11-5-4-9(18(19)20)6-10(11)12-7-22(21)13(14(16)17-12)8-2-1-3-8/h4-6,8,12-13H,1-3,7H2,(H2,16,17). The number of halogens is 1. The summed E-state index contributed by atoms with van der Waals surface area (Å²) >= 11 is 0. The third-order valence-electron chi connectivity index (χ3n) is 4.33. The summed E-state index contributed by atoms with van der Waals surface area (Å²) in [5.74, 6) is 0.136. The summed E-state index contributed by atoms with van der Waals surface area (Å²) in [4.78, 5) is 14.5. The minimum Gasteiger partial charge on any atom is -0.386 e. The molecule has 3 unspecified atom stereocenters. The van der Waals surface area contributed by atoms with Crippen molar-refractivity contribution >= 4 is 22.3 Å². The third kappa shape index (κ3) is 2.63. The lowest BCUT2D eigenvalue weighted by Gasteiger charge is -2.36. The predicted molar refractivity (Wildman–Crippen MR) is 81.6 cm³/mol. The highest BCUT2D eigenvalue weighted by atomic mass is 32.2. The van der Waals surface area contributed by atoms with Crippen LogP contribution < -0.4 is 5.73 Å². The quantitative estimate of drug-likeness (QED) is 0.679. The summed E-state index contributed by atoms with van der Waals surface area (Å²) in [7, 11) is -1.24. The Bertz CT molecular complexity index is 675. The van der Waals surface area contributed by atoms with Gasteiger partial charge in [-0.15, -0.1) is 0 Å². The molecule has 1 aliphatic heterocycles. The number of hydrogen-bond donors (Lipinski definition) is 1. The van der Waals surface area contributed by atoms with Gasteiger partial charge in [-0.3, -0.25) is 19.3 Å². The number of nitro benzene ring substituents is 1. The maximum Gasteiger partial charge on any atom is 0.269 e. The van der Waals surface area contributed by atoms with Crippen molar-refractivity contribution in [2.75, 3.05) is 5.75 Å². The summed E-state index contributed by atoms with van der Waals surface area (Å²) in [5.41, 5.74) is 5.83. The van der Waals surface area contributed by atoms with Crippen molar-refractivity contribution in [2.24, 2.45) is 16.6 Å². The maximum absolute atomic E-state index is 14.0. The molecule has 3 atom stereocenters. The van der Waals surface area contributed by atoms with Gasteiger partial charge in [0.05, 0.1) is 22.0 Å². The van der Waals surface area contributed by atoms with E-state index in [9.17, 15) is 18.7 Å². The van der Waals surface area contributed by atoms with Crippen LogP contribution in [0.1, 0.15) is 30.9 Å². The Hall–Kier alpha value is -1.83. The molecule has 2 N–H and O–H groups in total. The Morgan fingerprint density at radius 1 is 1.41 bits per heavy atom. The second-order valence-electron chi connectivity index (χ2n) is 5.69. The summed E-state index contributed by atoms with van der Waals surface area (Å²) in [6.45, 7) is 0. The SMILES string of the molecule is NC1=NC(c2cc([N+](=O)[O-])ccc2F)CS(=O)C1C1CCC1. The van der Waals surface area contributed by atoms with Gasteiger partial charge < -0.3 is 5.73 Å². The van der Waals surface area contributed by atoms with E-state index in [1.165, 1.54) is 0 Å². The van der Waals surface area contributed by atoms with Gasteiger partial charge in [0.15, 0.2) is 0 Å². The Morgan fingerprint density at radius 3 is 2.68 bits per heavy atom. The van der Waals surface area contributed by atoms with E-state index < -0.39 is 27.6 Å². The molecule has 0 saturated heterocycles.